The van der Waals surface area contributed by atoms with Crippen LogP contribution in [0.2, 0.25) is 0 Å². The Morgan fingerprint density at radius 1 is 1.50 bits per heavy atom. The highest BCUT2D eigenvalue weighted by molar-refractivity contribution is 6.00. The van der Waals surface area contributed by atoms with E-state index in [-0.39, 0.29) is 17.7 Å². The molecule has 4 atom stereocenters. The molecule has 1 amide bonds. The third-order valence-corrected chi connectivity index (χ3v) is 3.59. The summed E-state index contributed by atoms with van der Waals surface area (Å²) in [6.45, 7) is 5.50. The molecule has 5 heteroatoms. The minimum Gasteiger partial charge on any atom is -0.456 e. The van der Waals surface area contributed by atoms with Crippen molar-refractivity contribution in [1.82, 2.24) is 5.32 Å². The molecule has 0 bridgehead atoms. The molecule has 0 aromatic rings. The van der Waals surface area contributed by atoms with E-state index in [9.17, 15) is 14.7 Å². The van der Waals surface area contributed by atoms with E-state index in [1.54, 1.807) is 0 Å². The van der Waals surface area contributed by atoms with Gasteiger partial charge in [-0.2, -0.15) is 0 Å². The molecule has 16 heavy (non-hydrogen) atoms. The molecular weight excluding hydrogens is 210 g/mol. The van der Waals surface area contributed by atoms with Gasteiger partial charge in [-0.25, -0.2) is 4.79 Å². The van der Waals surface area contributed by atoms with Crippen molar-refractivity contribution in [3.63, 3.8) is 0 Å². The first-order chi connectivity index (χ1) is 7.45. The van der Waals surface area contributed by atoms with E-state index in [1.807, 2.05) is 20.8 Å². The predicted octanol–water partition coefficient (Wildman–Crippen LogP) is -0.177. The first-order valence-corrected chi connectivity index (χ1v) is 5.66. The van der Waals surface area contributed by atoms with E-state index in [0.29, 0.717) is 6.42 Å². The molecule has 2 heterocycles. The van der Waals surface area contributed by atoms with Gasteiger partial charge < -0.3 is 15.2 Å². The normalized spacial score (nSPS) is 38.8. The Hall–Kier alpha value is -1.10. The van der Waals surface area contributed by atoms with Crippen LogP contribution in [-0.4, -0.2) is 34.7 Å². The fourth-order valence-corrected chi connectivity index (χ4v) is 2.61. The Morgan fingerprint density at radius 2 is 2.12 bits per heavy atom. The SMILES string of the molecule is CC[C@H]1C(=O)N[C@]2([C@@H](O)C(C)C)C(=O)O[C@@H]12. The van der Waals surface area contributed by atoms with Crippen molar-refractivity contribution in [2.75, 3.05) is 0 Å². The summed E-state index contributed by atoms with van der Waals surface area (Å²) in [5, 5.41) is 12.7. The van der Waals surface area contributed by atoms with Crippen LogP contribution in [0.1, 0.15) is 27.2 Å². The van der Waals surface area contributed by atoms with Crippen LogP contribution in [0.4, 0.5) is 0 Å². The van der Waals surface area contributed by atoms with Gasteiger partial charge in [-0.05, 0) is 12.3 Å². The van der Waals surface area contributed by atoms with E-state index in [4.69, 9.17) is 4.74 Å². The monoisotopic (exact) mass is 227 g/mol. The fraction of sp³-hybridized carbons (Fsp3) is 0.818. The Bertz CT molecular complexity index is 341. The van der Waals surface area contributed by atoms with E-state index in [0.717, 1.165) is 0 Å². The Morgan fingerprint density at radius 3 is 2.56 bits per heavy atom. The van der Waals surface area contributed by atoms with Gasteiger partial charge in [-0.1, -0.05) is 20.8 Å². The number of aliphatic hydroxyl groups is 1. The van der Waals surface area contributed by atoms with Gasteiger partial charge in [0.1, 0.15) is 6.10 Å². The minimum atomic E-state index is -1.19. The van der Waals surface area contributed by atoms with E-state index >= 15 is 0 Å². The molecule has 2 aliphatic heterocycles. The van der Waals surface area contributed by atoms with Crippen LogP contribution >= 0.6 is 0 Å². The molecule has 0 spiro atoms. The number of hydrogen-bond donors (Lipinski definition) is 2. The highest BCUT2D eigenvalue weighted by Crippen LogP contribution is 2.43. The van der Waals surface area contributed by atoms with Crippen LogP contribution in [0.3, 0.4) is 0 Å². The lowest BCUT2D eigenvalue weighted by atomic mass is 9.75. The molecular formula is C11H17NO4. The summed E-state index contributed by atoms with van der Waals surface area (Å²) in [6.07, 6.45) is -0.787. The van der Waals surface area contributed by atoms with Crippen LogP contribution in [0.15, 0.2) is 0 Å². The molecule has 0 aliphatic carbocycles. The number of nitrogens with one attached hydrogen (secondary N) is 1. The van der Waals surface area contributed by atoms with Gasteiger partial charge in [0.15, 0.2) is 0 Å². The topological polar surface area (TPSA) is 75.6 Å². The van der Waals surface area contributed by atoms with E-state index in [2.05, 4.69) is 5.32 Å². The molecule has 90 valence electrons. The number of aliphatic hydroxyl groups excluding tert-OH is 1. The number of amides is 1. The molecule has 5 nitrogen and oxygen atoms in total. The van der Waals surface area contributed by atoms with Gasteiger partial charge in [0.25, 0.3) is 0 Å². The third kappa shape index (κ3) is 1.15. The summed E-state index contributed by atoms with van der Waals surface area (Å²) < 4.78 is 5.03. The van der Waals surface area contributed by atoms with Crippen molar-refractivity contribution < 1.29 is 19.4 Å². The smallest absolute Gasteiger partial charge is 0.338 e. The highest BCUT2D eigenvalue weighted by atomic mass is 16.6. The van der Waals surface area contributed by atoms with Gasteiger partial charge in [0, 0.05) is 0 Å². The van der Waals surface area contributed by atoms with Crippen molar-refractivity contribution in [2.45, 2.75) is 44.9 Å². The largest absolute Gasteiger partial charge is 0.456 e. The van der Waals surface area contributed by atoms with Crippen molar-refractivity contribution in [2.24, 2.45) is 11.8 Å². The molecule has 0 aromatic carbocycles. The lowest BCUT2D eigenvalue weighted by Crippen LogP contribution is -2.73. The third-order valence-electron chi connectivity index (χ3n) is 3.59. The number of carbonyl (C=O) groups is 2. The number of ether oxygens (including phenoxy) is 1. The second-order valence-electron chi connectivity index (χ2n) is 4.89. The van der Waals surface area contributed by atoms with Crippen LogP contribution in [0.25, 0.3) is 0 Å². The summed E-state index contributed by atoms with van der Waals surface area (Å²) in [6, 6.07) is 0. The Kier molecular flexibility index (Phi) is 2.45. The average Bonchev–Trinajstić information content (AvgIpc) is 2.46. The second-order valence-corrected chi connectivity index (χ2v) is 4.89. The molecule has 2 saturated heterocycles. The maximum absolute atomic E-state index is 11.7. The first kappa shape index (κ1) is 11.4. The number of rotatable bonds is 3. The number of fused-ring (bicyclic) bond motifs is 1. The fourth-order valence-electron chi connectivity index (χ4n) is 2.61. The first-order valence-electron chi connectivity index (χ1n) is 5.66. The average molecular weight is 227 g/mol. The predicted molar refractivity (Wildman–Crippen MR) is 55.4 cm³/mol. The van der Waals surface area contributed by atoms with Crippen molar-refractivity contribution in [1.29, 1.82) is 0 Å². The highest BCUT2D eigenvalue weighted by Gasteiger charge is 2.71. The molecule has 2 rings (SSSR count). The number of esters is 1. The summed E-state index contributed by atoms with van der Waals surface area (Å²) in [5.74, 6) is -1.14. The molecule has 0 saturated carbocycles. The number of carbonyl (C=O) groups excluding carboxylic acids is 2. The molecule has 0 unspecified atom stereocenters. The second kappa shape index (κ2) is 3.45. The molecule has 0 aromatic heterocycles. The van der Waals surface area contributed by atoms with Crippen LogP contribution < -0.4 is 5.32 Å². The van der Waals surface area contributed by atoms with Gasteiger partial charge in [0.05, 0.1) is 12.0 Å². The van der Waals surface area contributed by atoms with Gasteiger partial charge >= 0.3 is 5.97 Å². The van der Waals surface area contributed by atoms with Crippen molar-refractivity contribution in [3.05, 3.63) is 0 Å². The van der Waals surface area contributed by atoms with Gasteiger partial charge in [0.2, 0.25) is 11.4 Å². The maximum atomic E-state index is 11.7. The van der Waals surface area contributed by atoms with Gasteiger partial charge in [-0.3, -0.25) is 4.79 Å². The van der Waals surface area contributed by atoms with Crippen molar-refractivity contribution in [3.8, 4) is 0 Å². The zero-order valence-electron chi connectivity index (χ0n) is 9.69. The quantitative estimate of drug-likeness (QED) is 0.656. The molecule has 2 fully saturated rings. The van der Waals surface area contributed by atoms with E-state index < -0.39 is 23.7 Å². The van der Waals surface area contributed by atoms with E-state index in [1.165, 1.54) is 0 Å². The summed E-state index contributed by atoms with van der Waals surface area (Å²) in [7, 11) is 0. The van der Waals surface area contributed by atoms with Crippen LogP contribution in [0.5, 0.6) is 0 Å². The summed E-state index contributed by atoms with van der Waals surface area (Å²) in [4.78, 5) is 23.3. The zero-order valence-corrected chi connectivity index (χ0v) is 9.69. The minimum absolute atomic E-state index is 0.105. The molecule has 0 radical (unpaired) electrons. The lowest BCUT2D eigenvalue weighted by Gasteiger charge is -2.46. The van der Waals surface area contributed by atoms with Crippen LogP contribution in [-0.2, 0) is 14.3 Å². The van der Waals surface area contributed by atoms with Gasteiger partial charge in [-0.15, -0.1) is 0 Å². The lowest BCUT2D eigenvalue weighted by molar-refractivity contribution is -0.207. The van der Waals surface area contributed by atoms with Crippen molar-refractivity contribution >= 4 is 11.9 Å². The Balaban J connectivity index is 2.32. The maximum Gasteiger partial charge on any atom is 0.338 e. The van der Waals surface area contributed by atoms with Crippen LogP contribution in [0, 0.1) is 11.8 Å². The standard InChI is InChI=1S/C11H17NO4/c1-4-6-8-11(10(15)16-8,12-9(6)14)7(13)5(2)3/h5-8,13H,4H2,1-3H3,(H,12,14)/t6-,7+,8+,11+/m1/s1. The molecule has 2 N–H and O–H groups in total. The summed E-state index contributed by atoms with van der Waals surface area (Å²) >= 11 is 0. The number of hydrogen-bond acceptors (Lipinski definition) is 4. The Labute approximate surface area is 94.2 Å². The zero-order chi connectivity index (χ0) is 12.1. The molecule has 2 aliphatic rings. The summed E-state index contributed by atoms with van der Waals surface area (Å²) in [5.41, 5.74) is -1.19.